The zero-order valence-corrected chi connectivity index (χ0v) is 37.4. The van der Waals surface area contributed by atoms with Crippen LogP contribution < -0.4 is 14.7 Å². The molecule has 10 aromatic rings. The van der Waals surface area contributed by atoms with Gasteiger partial charge in [0.1, 0.15) is 18.2 Å². The van der Waals surface area contributed by atoms with E-state index in [1.54, 1.807) is 0 Å². The van der Waals surface area contributed by atoms with Crippen LogP contribution in [0.5, 0.6) is 0 Å². The molecule has 0 atom stereocenters. The lowest BCUT2D eigenvalue weighted by Crippen LogP contribution is -2.10. The lowest BCUT2D eigenvalue weighted by atomic mass is 9.80. The molecule has 0 N–H and O–H groups in total. The van der Waals surface area contributed by atoms with Gasteiger partial charge in [0.2, 0.25) is 0 Å². The maximum absolute atomic E-state index is 11.3. The van der Waals surface area contributed by atoms with Crippen LogP contribution in [0, 0.1) is 34.0 Å². The van der Waals surface area contributed by atoms with Gasteiger partial charge in [0.25, 0.3) is 0 Å². The Bertz CT molecular complexity index is 2960. The molecule has 6 nitrogen and oxygen atoms in total. The molecule has 0 fully saturated rings. The van der Waals surface area contributed by atoms with E-state index in [1.165, 1.54) is 0 Å². The van der Waals surface area contributed by atoms with Crippen molar-refractivity contribution in [3.8, 4) is 51.6 Å². The highest BCUT2D eigenvalue weighted by Crippen LogP contribution is 2.47. The molecule has 0 saturated heterocycles. The molecular formula is C63H42N6. The number of anilines is 9. The fraction of sp³-hybridized carbons (Fsp3) is 0. The van der Waals surface area contributed by atoms with Crippen LogP contribution in [0.2, 0.25) is 0 Å². The summed E-state index contributed by atoms with van der Waals surface area (Å²) in [5.74, 6) is 0. The Morgan fingerprint density at radius 3 is 0.522 bits per heavy atom. The SMILES string of the molecule is N#Cc1c(-c2ccc(N(c3ccccc3)c3ccccc3)cc2)c(C#N)c(-c2ccc(N(c3ccccc3)c3ccccc3)cc2)c(C#N)c1-c1ccc(N(c2ccccc2)c2ccccc2)cc1. The second kappa shape index (κ2) is 19.7. The summed E-state index contributed by atoms with van der Waals surface area (Å²) >= 11 is 0. The van der Waals surface area contributed by atoms with Gasteiger partial charge in [-0.15, -0.1) is 0 Å². The minimum Gasteiger partial charge on any atom is -0.311 e. The van der Waals surface area contributed by atoms with Crippen LogP contribution in [0.4, 0.5) is 51.2 Å². The maximum Gasteiger partial charge on any atom is 0.101 e. The molecule has 0 saturated carbocycles. The van der Waals surface area contributed by atoms with Gasteiger partial charge in [0, 0.05) is 67.9 Å². The Kier molecular flexibility index (Phi) is 12.3. The lowest BCUT2D eigenvalue weighted by molar-refractivity contribution is 1.28. The Morgan fingerprint density at radius 2 is 0.362 bits per heavy atom. The van der Waals surface area contributed by atoms with Crippen molar-refractivity contribution in [2.45, 2.75) is 0 Å². The first-order valence-corrected chi connectivity index (χ1v) is 22.6. The normalized spacial score (nSPS) is 10.6. The quantitative estimate of drug-likeness (QED) is 0.122. The molecule has 0 aliphatic heterocycles. The van der Waals surface area contributed by atoms with Gasteiger partial charge in [-0.2, -0.15) is 15.8 Å². The minimum absolute atomic E-state index is 0.245. The van der Waals surface area contributed by atoms with E-state index in [4.69, 9.17) is 0 Å². The van der Waals surface area contributed by atoms with Crippen molar-refractivity contribution in [2.24, 2.45) is 0 Å². The summed E-state index contributed by atoms with van der Waals surface area (Å²) in [4.78, 5) is 6.50. The molecule has 0 radical (unpaired) electrons. The zero-order valence-electron chi connectivity index (χ0n) is 37.4. The largest absolute Gasteiger partial charge is 0.311 e. The molecule has 0 amide bonds. The molecule has 0 spiro atoms. The Morgan fingerprint density at radius 1 is 0.203 bits per heavy atom. The summed E-state index contributed by atoms with van der Waals surface area (Å²) in [6.07, 6.45) is 0. The van der Waals surface area contributed by atoms with Crippen molar-refractivity contribution in [3.05, 3.63) is 271 Å². The number of benzene rings is 10. The van der Waals surface area contributed by atoms with Gasteiger partial charge in [-0.05, 0) is 126 Å². The van der Waals surface area contributed by atoms with Crippen molar-refractivity contribution in [1.82, 2.24) is 0 Å². The van der Waals surface area contributed by atoms with Crippen LogP contribution in [0.3, 0.4) is 0 Å². The van der Waals surface area contributed by atoms with E-state index >= 15 is 0 Å². The predicted octanol–water partition coefficient (Wildman–Crippen LogP) is 16.7. The summed E-state index contributed by atoms with van der Waals surface area (Å²) < 4.78 is 0. The van der Waals surface area contributed by atoms with E-state index in [9.17, 15) is 15.8 Å². The van der Waals surface area contributed by atoms with Crippen LogP contribution in [0.25, 0.3) is 33.4 Å². The number of rotatable bonds is 12. The standard InChI is InChI=1S/C63H42N6/c64-43-58-61(46-31-37-55(38-32-46)67(49-19-7-1-8-20-49)50-21-9-2-10-22-50)59(44-65)63(48-35-41-57(42-36-48)69(53-27-15-5-16-28-53)54-29-17-6-18-30-54)60(45-66)62(58)47-33-39-56(40-34-47)68(51-23-11-3-12-24-51)52-25-13-4-14-26-52/h1-42H. The molecule has 0 aliphatic rings. The Balaban J connectivity index is 1.17. The zero-order chi connectivity index (χ0) is 46.9. The number of nitrogens with zero attached hydrogens (tertiary/aromatic N) is 6. The highest BCUT2D eigenvalue weighted by molar-refractivity contribution is 5.98. The molecule has 0 bridgehead atoms. The fourth-order valence-electron chi connectivity index (χ4n) is 9.09. The second-order valence-electron chi connectivity index (χ2n) is 16.2. The van der Waals surface area contributed by atoms with Gasteiger partial charge in [-0.25, -0.2) is 0 Å². The smallest absolute Gasteiger partial charge is 0.101 e. The first kappa shape index (κ1) is 43.0. The van der Waals surface area contributed by atoms with E-state index in [0.717, 1.165) is 51.2 Å². The third-order valence-corrected chi connectivity index (χ3v) is 12.2. The summed E-state index contributed by atoms with van der Waals surface area (Å²) in [5.41, 5.74) is 12.7. The molecule has 6 heteroatoms. The Hall–Kier alpha value is -9.93. The second-order valence-corrected chi connectivity index (χ2v) is 16.2. The van der Waals surface area contributed by atoms with Gasteiger partial charge in [0.15, 0.2) is 0 Å². The van der Waals surface area contributed by atoms with Crippen molar-refractivity contribution in [3.63, 3.8) is 0 Å². The van der Waals surface area contributed by atoms with Crippen LogP contribution >= 0.6 is 0 Å². The molecule has 0 unspecified atom stereocenters. The van der Waals surface area contributed by atoms with Crippen molar-refractivity contribution in [1.29, 1.82) is 15.8 Å². The predicted molar refractivity (Wildman–Crippen MR) is 281 cm³/mol. The van der Waals surface area contributed by atoms with E-state index in [0.29, 0.717) is 33.4 Å². The Labute approximate surface area is 402 Å². The van der Waals surface area contributed by atoms with E-state index in [-0.39, 0.29) is 16.7 Å². The molecule has 69 heavy (non-hydrogen) atoms. The average molecular weight is 883 g/mol. The van der Waals surface area contributed by atoms with Gasteiger partial charge >= 0.3 is 0 Å². The average Bonchev–Trinajstić information content (AvgIpc) is 3.43. The van der Waals surface area contributed by atoms with Crippen LogP contribution in [0.15, 0.2) is 255 Å². The van der Waals surface area contributed by atoms with E-state index in [1.807, 2.05) is 182 Å². The van der Waals surface area contributed by atoms with Gasteiger partial charge in [-0.3, -0.25) is 0 Å². The van der Waals surface area contributed by atoms with Crippen molar-refractivity contribution in [2.75, 3.05) is 14.7 Å². The third kappa shape index (κ3) is 8.56. The van der Waals surface area contributed by atoms with Gasteiger partial charge in [-0.1, -0.05) is 146 Å². The first-order chi connectivity index (χ1) is 34.1. The molecule has 324 valence electrons. The number of nitriles is 3. The molecule has 0 aromatic heterocycles. The van der Waals surface area contributed by atoms with E-state index in [2.05, 4.69) is 106 Å². The number of hydrogen-bond acceptors (Lipinski definition) is 6. The van der Waals surface area contributed by atoms with Gasteiger partial charge in [0.05, 0.1) is 16.7 Å². The molecule has 10 rings (SSSR count). The first-order valence-electron chi connectivity index (χ1n) is 22.6. The maximum atomic E-state index is 11.3. The van der Waals surface area contributed by atoms with Crippen LogP contribution in [-0.2, 0) is 0 Å². The van der Waals surface area contributed by atoms with Crippen molar-refractivity contribution >= 4 is 51.2 Å². The molecular weight excluding hydrogens is 841 g/mol. The monoisotopic (exact) mass is 882 g/mol. The summed E-state index contributed by atoms with van der Waals surface area (Å²) in [6.45, 7) is 0. The van der Waals surface area contributed by atoms with Crippen LogP contribution in [-0.4, -0.2) is 0 Å². The van der Waals surface area contributed by atoms with Crippen LogP contribution in [0.1, 0.15) is 16.7 Å². The van der Waals surface area contributed by atoms with Gasteiger partial charge < -0.3 is 14.7 Å². The lowest BCUT2D eigenvalue weighted by Gasteiger charge is -2.26. The fourth-order valence-corrected chi connectivity index (χ4v) is 9.09. The summed E-state index contributed by atoms with van der Waals surface area (Å²) in [7, 11) is 0. The topological polar surface area (TPSA) is 81.1 Å². The number of para-hydroxylation sites is 6. The van der Waals surface area contributed by atoms with Crippen molar-refractivity contribution < 1.29 is 0 Å². The highest BCUT2D eigenvalue weighted by Gasteiger charge is 2.28. The highest BCUT2D eigenvalue weighted by atomic mass is 15.2. The summed E-state index contributed by atoms with van der Waals surface area (Å²) in [5, 5.41) is 34.0. The molecule has 0 aliphatic carbocycles. The minimum atomic E-state index is 0.245. The van der Waals surface area contributed by atoms with E-state index < -0.39 is 0 Å². The third-order valence-electron chi connectivity index (χ3n) is 12.2. The summed E-state index contributed by atoms with van der Waals surface area (Å²) in [6, 6.07) is 92.3. The molecule has 0 heterocycles. The molecule has 10 aromatic carbocycles. The number of hydrogen-bond donors (Lipinski definition) is 0.